The molecular weight excluding hydrogens is 481 g/mol. The number of nitrogens with one attached hydrogen (secondary N) is 2. The van der Waals surface area contributed by atoms with Crippen molar-refractivity contribution in [2.24, 2.45) is 29.4 Å². The van der Waals surface area contributed by atoms with Crippen molar-refractivity contribution >= 4 is 30.7 Å². The van der Waals surface area contributed by atoms with E-state index in [2.05, 4.69) is 24.5 Å². The normalized spacial score (nSPS) is 40.4. The third-order valence-corrected chi connectivity index (χ3v) is 8.34. The van der Waals surface area contributed by atoms with E-state index >= 15 is 0 Å². The van der Waals surface area contributed by atoms with E-state index in [9.17, 15) is 4.79 Å². The molecule has 5 fully saturated rings. The van der Waals surface area contributed by atoms with Crippen molar-refractivity contribution in [2.75, 3.05) is 26.2 Å². The highest BCUT2D eigenvalue weighted by atomic mass is 35.5. The third-order valence-electron chi connectivity index (χ3n) is 8.34. The number of halogens is 2. The van der Waals surface area contributed by atoms with Gasteiger partial charge in [-0.2, -0.15) is 0 Å². The summed E-state index contributed by atoms with van der Waals surface area (Å²) in [4.78, 5) is 24.7. The van der Waals surface area contributed by atoms with Gasteiger partial charge < -0.3 is 25.8 Å². The minimum Gasteiger partial charge on any atom is -0.356 e. The monoisotopic (exact) mass is 525 g/mol. The van der Waals surface area contributed by atoms with Crippen LogP contribution < -0.4 is 16.4 Å². The van der Waals surface area contributed by atoms with Gasteiger partial charge in [-0.15, -0.1) is 24.8 Å². The molecule has 1 amide bonds. The molecule has 4 heterocycles. The summed E-state index contributed by atoms with van der Waals surface area (Å²) in [5.41, 5.74) is 4.93. The molecule has 200 valence electrons. The number of hydrogen-bond donors (Lipinski definition) is 3. The molecule has 10 heteroatoms. The van der Waals surface area contributed by atoms with Crippen LogP contribution >= 0.6 is 24.8 Å². The molecular formula is C24H45Cl2N3O5. The Labute approximate surface area is 216 Å². The molecule has 1 aliphatic carbocycles. The van der Waals surface area contributed by atoms with Crippen molar-refractivity contribution in [3.8, 4) is 0 Å². The van der Waals surface area contributed by atoms with Gasteiger partial charge in [0.25, 0.3) is 0 Å². The van der Waals surface area contributed by atoms with E-state index < -0.39 is 17.7 Å². The van der Waals surface area contributed by atoms with Crippen LogP contribution in [0, 0.1) is 23.7 Å². The first-order chi connectivity index (χ1) is 15.4. The van der Waals surface area contributed by atoms with Crippen LogP contribution in [0.25, 0.3) is 0 Å². The number of ether oxygens (including phenoxy) is 2. The minimum absolute atomic E-state index is 0. The molecule has 8 atom stereocenters. The molecule has 5 aliphatic rings. The molecule has 0 radical (unpaired) electrons. The summed E-state index contributed by atoms with van der Waals surface area (Å²) in [6, 6.07) is 0. The van der Waals surface area contributed by atoms with Crippen LogP contribution in [0.2, 0.25) is 0 Å². The lowest BCUT2D eigenvalue weighted by molar-refractivity contribution is -0.570. The van der Waals surface area contributed by atoms with Crippen LogP contribution in [-0.2, 0) is 24.0 Å². The Balaban J connectivity index is 0.00000204. The van der Waals surface area contributed by atoms with Gasteiger partial charge in [-0.1, -0.05) is 13.8 Å². The lowest BCUT2D eigenvalue weighted by atomic mass is 9.57. The van der Waals surface area contributed by atoms with Crippen molar-refractivity contribution in [1.29, 1.82) is 0 Å². The Morgan fingerprint density at radius 3 is 2.50 bits per heavy atom. The summed E-state index contributed by atoms with van der Waals surface area (Å²) in [7, 11) is 0. The second-order valence-electron chi connectivity index (χ2n) is 10.6. The fourth-order valence-electron chi connectivity index (χ4n) is 6.42. The van der Waals surface area contributed by atoms with Gasteiger partial charge >= 0.3 is 0 Å². The van der Waals surface area contributed by atoms with Crippen molar-refractivity contribution in [1.82, 2.24) is 10.6 Å². The van der Waals surface area contributed by atoms with Gasteiger partial charge in [0.1, 0.15) is 0 Å². The highest BCUT2D eigenvalue weighted by Crippen LogP contribution is 2.60. The summed E-state index contributed by atoms with van der Waals surface area (Å²) in [5, 5.41) is 6.44. The number of nitrogens with two attached hydrogens (primary N) is 1. The predicted molar refractivity (Wildman–Crippen MR) is 135 cm³/mol. The zero-order valence-corrected chi connectivity index (χ0v) is 22.5. The topological polar surface area (TPSA) is 104 Å². The lowest BCUT2D eigenvalue weighted by Crippen LogP contribution is -2.70. The molecule has 2 bridgehead atoms. The highest BCUT2D eigenvalue weighted by Gasteiger charge is 2.69. The van der Waals surface area contributed by atoms with Gasteiger partial charge in [0.05, 0.1) is 12.5 Å². The molecule has 8 nitrogen and oxygen atoms in total. The van der Waals surface area contributed by atoms with Crippen molar-refractivity contribution < 1.29 is 24.0 Å². The van der Waals surface area contributed by atoms with Crippen LogP contribution in [0.3, 0.4) is 0 Å². The fraction of sp³-hybridized carbons (Fsp3) is 0.958. The first-order valence-corrected chi connectivity index (χ1v) is 12.8. The van der Waals surface area contributed by atoms with Gasteiger partial charge in [-0.3, -0.25) is 4.79 Å². The van der Waals surface area contributed by atoms with Crippen LogP contribution in [-0.4, -0.2) is 55.9 Å². The van der Waals surface area contributed by atoms with Gasteiger partial charge in [0.2, 0.25) is 11.7 Å². The first-order valence-electron chi connectivity index (χ1n) is 12.8. The number of hydrogen-bond acceptors (Lipinski definition) is 7. The molecule has 1 spiro atoms. The van der Waals surface area contributed by atoms with Crippen LogP contribution in [0.1, 0.15) is 72.1 Å². The van der Waals surface area contributed by atoms with Crippen LogP contribution in [0.15, 0.2) is 0 Å². The van der Waals surface area contributed by atoms with E-state index in [0.29, 0.717) is 24.8 Å². The van der Waals surface area contributed by atoms with Gasteiger partial charge in [-0.05, 0) is 82.8 Å². The standard InChI is InChI=1S/C24H43N3O5.2ClH/c1-16-7-8-19-17(2)20(15-21(28)27-14-5-4-12-26-13-6-11-25)29-22-24(19)18(16)9-10-23(3,30-22)31-32-24;;/h16-20,22,26H,4-15,25H2,1-3H3,(H,27,28);2*1H/t16-,17-,18+,19+,20-,22-,23-,24-;;/m1../s1. The van der Waals surface area contributed by atoms with Crippen LogP contribution in [0.4, 0.5) is 0 Å². The Hall–Kier alpha value is -0.190. The number of rotatable bonds is 10. The van der Waals surface area contributed by atoms with Gasteiger partial charge in [-0.25, -0.2) is 9.78 Å². The minimum atomic E-state index is -0.775. The Morgan fingerprint density at radius 1 is 1.00 bits per heavy atom. The molecule has 4 aliphatic heterocycles. The zero-order chi connectivity index (χ0) is 22.8. The molecule has 4 N–H and O–H groups in total. The summed E-state index contributed by atoms with van der Waals surface area (Å²) in [6.45, 7) is 9.79. The second kappa shape index (κ2) is 12.9. The maximum absolute atomic E-state index is 12.7. The summed E-state index contributed by atoms with van der Waals surface area (Å²) in [5.74, 6) is 0.643. The van der Waals surface area contributed by atoms with E-state index in [4.69, 9.17) is 25.0 Å². The maximum atomic E-state index is 12.7. The molecule has 0 aromatic carbocycles. The Morgan fingerprint density at radius 2 is 1.74 bits per heavy atom. The van der Waals surface area contributed by atoms with Gasteiger partial charge in [0.15, 0.2) is 11.9 Å². The lowest BCUT2D eigenvalue weighted by Gasteiger charge is -2.60. The quantitative estimate of drug-likeness (QED) is 0.296. The number of unbranched alkanes of at least 4 members (excludes halogenated alkanes) is 1. The maximum Gasteiger partial charge on any atom is 0.222 e. The van der Waals surface area contributed by atoms with Crippen molar-refractivity contribution in [2.45, 2.75) is 95.9 Å². The fourth-order valence-corrected chi connectivity index (χ4v) is 6.42. The molecule has 0 aromatic rings. The van der Waals surface area contributed by atoms with E-state index in [1.165, 1.54) is 6.42 Å². The average Bonchev–Trinajstić information content (AvgIpc) is 2.99. The molecule has 1 saturated carbocycles. The summed E-state index contributed by atoms with van der Waals surface area (Å²) in [6.07, 6.45) is 6.76. The largest absolute Gasteiger partial charge is 0.356 e. The SMILES string of the molecule is C[C@H]1[C@@H](CC(=O)NCCCCNCCCN)O[C@@H]2O[C@@]3(C)CC[C@H]4[C@H](C)CC[C@@H]1[C@@]24OO3.Cl.Cl. The zero-order valence-electron chi connectivity index (χ0n) is 20.9. The number of carbonyl (C=O) groups excluding carboxylic acids is 1. The smallest absolute Gasteiger partial charge is 0.222 e. The molecule has 0 aromatic heterocycles. The molecule has 5 rings (SSSR count). The summed E-state index contributed by atoms with van der Waals surface area (Å²) < 4.78 is 12.9. The Bertz CT molecular complexity index is 662. The number of amides is 1. The molecule has 4 saturated heterocycles. The predicted octanol–water partition coefficient (Wildman–Crippen LogP) is 3.31. The van der Waals surface area contributed by atoms with Crippen molar-refractivity contribution in [3.63, 3.8) is 0 Å². The van der Waals surface area contributed by atoms with E-state index in [1.54, 1.807) is 0 Å². The average molecular weight is 527 g/mol. The molecule has 0 unspecified atom stereocenters. The third kappa shape index (κ3) is 6.02. The molecule has 34 heavy (non-hydrogen) atoms. The van der Waals surface area contributed by atoms with E-state index in [1.807, 2.05) is 6.92 Å². The van der Waals surface area contributed by atoms with Crippen molar-refractivity contribution in [3.05, 3.63) is 0 Å². The van der Waals surface area contributed by atoms with Crippen LogP contribution in [0.5, 0.6) is 0 Å². The summed E-state index contributed by atoms with van der Waals surface area (Å²) >= 11 is 0. The first kappa shape index (κ1) is 30.0. The Kier molecular flexibility index (Phi) is 11.4. The highest BCUT2D eigenvalue weighted by molar-refractivity contribution is 5.85. The van der Waals surface area contributed by atoms with E-state index in [0.717, 1.165) is 58.2 Å². The van der Waals surface area contributed by atoms with E-state index in [-0.39, 0.29) is 48.7 Å². The van der Waals surface area contributed by atoms with Gasteiger partial charge in [0, 0.05) is 18.9 Å². The number of carbonyl (C=O) groups is 1. The number of fused-ring (bicyclic) bond motifs is 2. The second-order valence-corrected chi connectivity index (χ2v) is 10.6.